The molecule has 7 heteroatoms. The number of hydrogen-bond acceptors (Lipinski definition) is 7. The first-order valence-electron chi connectivity index (χ1n) is 7.05. The van der Waals surface area contributed by atoms with Crippen molar-refractivity contribution in [1.82, 2.24) is 15.0 Å². The van der Waals surface area contributed by atoms with Crippen LogP contribution >= 0.6 is 11.3 Å². The summed E-state index contributed by atoms with van der Waals surface area (Å²) < 4.78 is 0. The summed E-state index contributed by atoms with van der Waals surface area (Å²) in [6, 6.07) is 2.38. The molecule has 3 heterocycles. The van der Waals surface area contributed by atoms with Crippen LogP contribution in [-0.2, 0) is 0 Å². The van der Waals surface area contributed by atoms with E-state index in [0.717, 1.165) is 36.3 Å². The zero-order valence-electron chi connectivity index (χ0n) is 12.6. The monoisotopic (exact) mass is 304 g/mol. The molecule has 0 aromatic carbocycles. The second kappa shape index (κ2) is 5.85. The van der Waals surface area contributed by atoms with Gasteiger partial charge < -0.3 is 15.1 Å². The SMILES string of the molecule is Cc1cnc(N2CCC(Nc3cc(N(C)C)ncn3)C2)s1. The molecule has 0 amide bonds. The fraction of sp³-hybridized carbons (Fsp3) is 0.500. The molecule has 0 aliphatic carbocycles. The molecular weight excluding hydrogens is 284 g/mol. The van der Waals surface area contributed by atoms with Crippen molar-refractivity contribution < 1.29 is 0 Å². The molecule has 1 aliphatic rings. The van der Waals surface area contributed by atoms with Crippen LogP contribution in [0, 0.1) is 6.92 Å². The van der Waals surface area contributed by atoms with E-state index in [2.05, 4.69) is 32.1 Å². The Morgan fingerprint density at radius 1 is 1.33 bits per heavy atom. The summed E-state index contributed by atoms with van der Waals surface area (Å²) >= 11 is 1.75. The van der Waals surface area contributed by atoms with Gasteiger partial charge in [-0.2, -0.15) is 0 Å². The number of rotatable bonds is 4. The number of hydrogen-bond donors (Lipinski definition) is 1. The minimum absolute atomic E-state index is 0.402. The van der Waals surface area contributed by atoms with E-state index in [1.165, 1.54) is 4.88 Å². The molecule has 112 valence electrons. The van der Waals surface area contributed by atoms with Gasteiger partial charge in [-0.3, -0.25) is 0 Å². The van der Waals surface area contributed by atoms with Gasteiger partial charge in [-0.15, -0.1) is 11.3 Å². The predicted molar refractivity (Wildman–Crippen MR) is 87.5 cm³/mol. The molecular formula is C14H20N6S. The molecule has 2 aromatic heterocycles. The largest absolute Gasteiger partial charge is 0.365 e. The van der Waals surface area contributed by atoms with Crippen molar-refractivity contribution in [3.8, 4) is 0 Å². The molecule has 1 fully saturated rings. The molecule has 0 saturated carbocycles. The maximum absolute atomic E-state index is 4.46. The van der Waals surface area contributed by atoms with Crippen LogP contribution in [0.2, 0.25) is 0 Å². The Balaban J connectivity index is 1.63. The van der Waals surface area contributed by atoms with Gasteiger partial charge in [0.15, 0.2) is 5.13 Å². The quantitative estimate of drug-likeness (QED) is 0.932. The standard InChI is InChI=1S/C14H20N6S/c1-10-7-15-14(21-10)20-5-4-11(8-20)18-12-6-13(19(2)3)17-9-16-12/h6-7,9,11H,4-5,8H2,1-3H3,(H,16,17,18). The van der Waals surface area contributed by atoms with Gasteiger partial charge in [0.05, 0.1) is 0 Å². The van der Waals surface area contributed by atoms with Gasteiger partial charge >= 0.3 is 0 Å². The van der Waals surface area contributed by atoms with Crippen LogP contribution in [0.5, 0.6) is 0 Å². The van der Waals surface area contributed by atoms with Crippen LogP contribution in [0.25, 0.3) is 0 Å². The molecule has 1 aliphatic heterocycles. The smallest absolute Gasteiger partial charge is 0.185 e. The zero-order chi connectivity index (χ0) is 14.8. The molecule has 1 saturated heterocycles. The Kier molecular flexibility index (Phi) is 3.92. The number of thiazole rings is 1. The van der Waals surface area contributed by atoms with E-state index < -0.39 is 0 Å². The number of nitrogens with one attached hydrogen (secondary N) is 1. The average molecular weight is 304 g/mol. The highest BCUT2D eigenvalue weighted by Gasteiger charge is 2.24. The minimum atomic E-state index is 0.402. The zero-order valence-corrected chi connectivity index (χ0v) is 13.4. The van der Waals surface area contributed by atoms with Gasteiger partial charge in [0.25, 0.3) is 0 Å². The van der Waals surface area contributed by atoms with E-state index in [0.29, 0.717) is 6.04 Å². The first-order chi connectivity index (χ1) is 10.1. The Morgan fingerprint density at radius 2 is 2.19 bits per heavy atom. The third-order valence-electron chi connectivity index (χ3n) is 3.53. The Morgan fingerprint density at radius 3 is 2.90 bits per heavy atom. The number of aryl methyl sites for hydroxylation is 1. The molecule has 3 rings (SSSR count). The lowest BCUT2D eigenvalue weighted by atomic mass is 10.2. The molecule has 1 unspecified atom stereocenters. The van der Waals surface area contributed by atoms with Gasteiger partial charge in [-0.1, -0.05) is 0 Å². The van der Waals surface area contributed by atoms with Gasteiger partial charge in [0.1, 0.15) is 18.0 Å². The van der Waals surface area contributed by atoms with E-state index in [1.807, 2.05) is 31.3 Å². The van der Waals surface area contributed by atoms with Crippen molar-refractivity contribution in [2.24, 2.45) is 0 Å². The van der Waals surface area contributed by atoms with Gasteiger partial charge in [-0.05, 0) is 13.3 Å². The van der Waals surface area contributed by atoms with Crippen LogP contribution in [0.1, 0.15) is 11.3 Å². The van der Waals surface area contributed by atoms with Crippen LogP contribution in [0.15, 0.2) is 18.6 Å². The Hall–Kier alpha value is -1.89. The van der Waals surface area contributed by atoms with E-state index in [9.17, 15) is 0 Å². The highest BCUT2D eigenvalue weighted by Crippen LogP contribution is 2.26. The minimum Gasteiger partial charge on any atom is -0.365 e. The molecule has 1 atom stereocenters. The van der Waals surface area contributed by atoms with Crippen molar-refractivity contribution in [3.05, 3.63) is 23.5 Å². The second-order valence-electron chi connectivity index (χ2n) is 5.49. The lowest BCUT2D eigenvalue weighted by molar-refractivity contribution is 0.799. The van der Waals surface area contributed by atoms with Gasteiger partial charge in [-0.25, -0.2) is 15.0 Å². The summed E-state index contributed by atoms with van der Waals surface area (Å²) in [6.45, 7) is 4.10. The van der Waals surface area contributed by atoms with Crippen molar-refractivity contribution >= 4 is 28.1 Å². The maximum atomic E-state index is 4.46. The summed E-state index contributed by atoms with van der Waals surface area (Å²) in [5, 5.41) is 4.62. The van der Waals surface area contributed by atoms with Crippen LogP contribution in [0.3, 0.4) is 0 Å². The maximum Gasteiger partial charge on any atom is 0.185 e. The Bertz CT molecular complexity index is 611. The van der Waals surface area contributed by atoms with Crippen molar-refractivity contribution in [2.45, 2.75) is 19.4 Å². The van der Waals surface area contributed by atoms with Gasteiger partial charge in [0.2, 0.25) is 0 Å². The van der Waals surface area contributed by atoms with E-state index >= 15 is 0 Å². The second-order valence-corrected chi connectivity index (χ2v) is 6.70. The van der Waals surface area contributed by atoms with E-state index in [-0.39, 0.29) is 0 Å². The van der Waals surface area contributed by atoms with Gasteiger partial charge in [0, 0.05) is 50.4 Å². The van der Waals surface area contributed by atoms with E-state index in [1.54, 1.807) is 17.7 Å². The molecule has 21 heavy (non-hydrogen) atoms. The molecule has 0 spiro atoms. The first-order valence-corrected chi connectivity index (χ1v) is 7.87. The van der Waals surface area contributed by atoms with Crippen molar-refractivity contribution in [1.29, 1.82) is 0 Å². The molecule has 0 bridgehead atoms. The third kappa shape index (κ3) is 3.24. The first kappa shape index (κ1) is 14.1. The predicted octanol–water partition coefficient (Wildman–Crippen LogP) is 2.00. The fourth-order valence-corrected chi connectivity index (χ4v) is 3.21. The highest BCUT2D eigenvalue weighted by molar-refractivity contribution is 7.15. The van der Waals surface area contributed by atoms with Crippen molar-refractivity contribution in [2.75, 3.05) is 42.3 Å². The normalized spacial score (nSPS) is 18.0. The lowest BCUT2D eigenvalue weighted by Gasteiger charge is -2.17. The fourth-order valence-electron chi connectivity index (χ4n) is 2.42. The summed E-state index contributed by atoms with van der Waals surface area (Å²) in [6.07, 6.45) is 4.64. The number of anilines is 3. The summed E-state index contributed by atoms with van der Waals surface area (Å²) in [5.74, 6) is 1.80. The topological polar surface area (TPSA) is 57.2 Å². The summed E-state index contributed by atoms with van der Waals surface area (Å²) in [7, 11) is 3.96. The molecule has 1 N–H and O–H groups in total. The summed E-state index contributed by atoms with van der Waals surface area (Å²) in [5.41, 5.74) is 0. The van der Waals surface area contributed by atoms with E-state index in [4.69, 9.17) is 0 Å². The molecule has 0 radical (unpaired) electrons. The third-order valence-corrected chi connectivity index (χ3v) is 4.50. The summed E-state index contributed by atoms with van der Waals surface area (Å²) in [4.78, 5) is 18.6. The highest BCUT2D eigenvalue weighted by atomic mass is 32.1. The Labute approximate surface area is 128 Å². The number of aromatic nitrogens is 3. The molecule has 6 nitrogen and oxygen atoms in total. The average Bonchev–Trinajstić information content (AvgIpc) is 3.08. The molecule has 2 aromatic rings. The lowest BCUT2D eigenvalue weighted by Crippen LogP contribution is -2.26. The van der Waals surface area contributed by atoms with Crippen LogP contribution < -0.4 is 15.1 Å². The number of nitrogens with zero attached hydrogens (tertiary/aromatic N) is 5. The van der Waals surface area contributed by atoms with Crippen molar-refractivity contribution in [3.63, 3.8) is 0 Å². The van der Waals surface area contributed by atoms with Crippen LogP contribution in [0.4, 0.5) is 16.8 Å². The van der Waals surface area contributed by atoms with Crippen LogP contribution in [-0.4, -0.2) is 48.2 Å².